The van der Waals surface area contributed by atoms with Gasteiger partial charge in [0, 0.05) is 30.1 Å². The molecule has 0 N–H and O–H groups in total. The standard InChI is InChI=1S/C10H13ClN2OS/c1-6(3-14-2)10-12-8-5-15-4-7(8)9(11)13-10/h6H,3-5H2,1-2H3. The zero-order chi connectivity index (χ0) is 10.8. The molecule has 0 amide bonds. The molecule has 1 aliphatic rings. The number of rotatable bonds is 3. The van der Waals surface area contributed by atoms with E-state index in [0.717, 1.165) is 28.6 Å². The van der Waals surface area contributed by atoms with Gasteiger partial charge in [-0.25, -0.2) is 9.97 Å². The molecule has 0 aliphatic carbocycles. The zero-order valence-corrected chi connectivity index (χ0v) is 10.4. The molecule has 0 bridgehead atoms. The number of hydrogen-bond acceptors (Lipinski definition) is 4. The van der Waals surface area contributed by atoms with Gasteiger partial charge in [-0.05, 0) is 0 Å². The van der Waals surface area contributed by atoms with Crippen molar-refractivity contribution in [2.45, 2.75) is 24.3 Å². The maximum Gasteiger partial charge on any atom is 0.137 e. The Bertz CT molecular complexity index is 373. The first-order chi connectivity index (χ1) is 7.22. The average molecular weight is 245 g/mol. The smallest absolute Gasteiger partial charge is 0.137 e. The zero-order valence-electron chi connectivity index (χ0n) is 8.79. The second kappa shape index (κ2) is 4.68. The van der Waals surface area contributed by atoms with Gasteiger partial charge in [0.2, 0.25) is 0 Å². The molecule has 0 radical (unpaired) electrons. The maximum absolute atomic E-state index is 6.11. The molecule has 1 atom stereocenters. The Balaban J connectivity index is 2.30. The summed E-state index contributed by atoms with van der Waals surface area (Å²) in [5, 5.41) is 0.614. The van der Waals surface area contributed by atoms with Gasteiger partial charge in [-0.2, -0.15) is 11.8 Å². The van der Waals surface area contributed by atoms with E-state index < -0.39 is 0 Å². The highest BCUT2D eigenvalue weighted by Crippen LogP contribution is 2.33. The molecule has 2 rings (SSSR count). The van der Waals surface area contributed by atoms with Crippen molar-refractivity contribution in [2.75, 3.05) is 13.7 Å². The fourth-order valence-corrected chi connectivity index (χ4v) is 2.96. The van der Waals surface area contributed by atoms with Gasteiger partial charge in [0.1, 0.15) is 11.0 Å². The molecule has 0 saturated heterocycles. The lowest BCUT2D eigenvalue weighted by molar-refractivity contribution is 0.181. The van der Waals surface area contributed by atoms with Gasteiger partial charge in [-0.1, -0.05) is 18.5 Å². The highest BCUT2D eigenvalue weighted by molar-refractivity contribution is 7.98. The number of thioether (sulfide) groups is 1. The Labute approximate surface area is 98.6 Å². The molecule has 0 aromatic carbocycles. The first-order valence-corrected chi connectivity index (χ1v) is 6.37. The first kappa shape index (κ1) is 11.2. The third-order valence-corrected chi connectivity index (χ3v) is 3.69. The monoisotopic (exact) mass is 244 g/mol. The molecule has 0 spiro atoms. The quantitative estimate of drug-likeness (QED) is 0.766. The third-order valence-electron chi connectivity index (χ3n) is 2.40. The van der Waals surface area contributed by atoms with Gasteiger partial charge in [0.15, 0.2) is 0 Å². The molecule has 1 aliphatic heterocycles. The van der Waals surface area contributed by atoms with Crippen LogP contribution in [0.2, 0.25) is 5.15 Å². The summed E-state index contributed by atoms with van der Waals surface area (Å²) in [7, 11) is 1.68. The van der Waals surface area contributed by atoms with Crippen LogP contribution in [0.5, 0.6) is 0 Å². The summed E-state index contributed by atoms with van der Waals surface area (Å²) in [5.41, 5.74) is 2.20. The molecule has 82 valence electrons. The van der Waals surface area contributed by atoms with Crippen molar-refractivity contribution in [2.24, 2.45) is 0 Å². The second-order valence-electron chi connectivity index (χ2n) is 3.65. The van der Waals surface area contributed by atoms with Crippen molar-refractivity contribution in [3.05, 3.63) is 22.2 Å². The average Bonchev–Trinajstić information content (AvgIpc) is 2.66. The van der Waals surface area contributed by atoms with E-state index in [-0.39, 0.29) is 5.92 Å². The van der Waals surface area contributed by atoms with Crippen LogP contribution in [0.15, 0.2) is 0 Å². The Kier molecular flexibility index (Phi) is 3.49. The predicted molar refractivity (Wildman–Crippen MR) is 62.3 cm³/mol. The van der Waals surface area contributed by atoms with Crippen LogP contribution in [0.4, 0.5) is 0 Å². The number of halogens is 1. The topological polar surface area (TPSA) is 35.0 Å². The number of nitrogens with zero attached hydrogens (tertiary/aromatic N) is 2. The van der Waals surface area contributed by atoms with Gasteiger partial charge in [-0.15, -0.1) is 0 Å². The minimum absolute atomic E-state index is 0.198. The molecule has 1 unspecified atom stereocenters. The number of aromatic nitrogens is 2. The van der Waals surface area contributed by atoms with Crippen molar-refractivity contribution >= 4 is 23.4 Å². The van der Waals surface area contributed by atoms with E-state index in [1.807, 2.05) is 18.7 Å². The minimum atomic E-state index is 0.198. The van der Waals surface area contributed by atoms with Gasteiger partial charge >= 0.3 is 0 Å². The van der Waals surface area contributed by atoms with E-state index in [2.05, 4.69) is 9.97 Å². The van der Waals surface area contributed by atoms with Gasteiger partial charge in [0.25, 0.3) is 0 Å². The van der Waals surface area contributed by atoms with Crippen LogP contribution < -0.4 is 0 Å². The van der Waals surface area contributed by atoms with Crippen molar-refractivity contribution in [1.29, 1.82) is 0 Å². The molecule has 1 aromatic heterocycles. The van der Waals surface area contributed by atoms with E-state index in [0.29, 0.717) is 11.8 Å². The van der Waals surface area contributed by atoms with Gasteiger partial charge in [0.05, 0.1) is 12.3 Å². The van der Waals surface area contributed by atoms with Gasteiger partial charge in [-0.3, -0.25) is 0 Å². The summed E-state index contributed by atoms with van der Waals surface area (Å²) < 4.78 is 5.09. The fraction of sp³-hybridized carbons (Fsp3) is 0.600. The van der Waals surface area contributed by atoms with E-state index in [9.17, 15) is 0 Å². The first-order valence-electron chi connectivity index (χ1n) is 4.84. The number of hydrogen-bond donors (Lipinski definition) is 0. The minimum Gasteiger partial charge on any atom is -0.384 e. The molecule has 15 heavy (non-hydrogen) atoms. The van der Waals surface area contributed by atoms with E-state index in [1.54, 1.807) is 7.11 Å². The van der Waals surface area contributed by atoms with Crippen LogP contribution in [-0.4, -0.2) is 23.7 Å². The van der Waals surface area contributed by atoms with Crippen LogP contribution in [0.25, 0.3) is 0 Å². The summed E-state index contributed by atoms with van der Waals surface area (Å²) in [6.45, 7) is 2.67. The lowest BCUT2D eigenvalue weighted by Gasteiger charge is -2.10. The van der Waals surface area contributed by atoms with Crippen LogP contribution in [0.3, 0.4) is 0 Å². The SMILES string of the molecule is COCC(C)c1nc(Cl)c2c(n1)CSC2. The van der Waals surface area contributed by atoms with Crippen LogP contribution in [0, 0.1) is 0 Å². The van der Waals surface area contributed by atoms with Crippen LogP contribution in [0.1, 0.15) is 29.9 Å². The lowest BCUT2D eigenvalue weighted by atomic mass is 10.1. The Morgan fingerprint density at radius 3 is 3.00 bits per heavy atom. The summed E-state index contributed by atoms with van der Waals surface area (Å²) >= 11 is 7.95. The Hall–Kier alpha value is -0.320. The number of ether oxygens (including phenoxy) is 1. The largest absolute Gasteiger partial charge is 0.384 e. The van der Waals surface area contributed by atoms with Gasteiger partial charge < -0.3 is 4.74 Å². The van der Waals surface area contributed by atoms with E-state index in [4.69, 9.17) is 16.3 Å². The summed E-state index contributed by atoms with van der Waals surface area (Å²) in [6.07, 6.45) is 0. The molecule has 3 nitrogen and oxygen atoms in total. The van der Waals surface area contributed by atoms with Crippen molar-refractivity contribution in [3.8, 4) is 0 Å². The van der Waals surface area contributed by atoms with Crippen LogP contribution in [-0.2, 0) is 16.2 Å². The number of fused-ring (bicyclic) bond motifs is 1. The Morgan fingerprint density at radius 1 is 1.47 bits per heavy atom. The molecule has 0 saturated carbocycles. The molecule has 1 aromatic rings. The normalized spacial score (nSPS) is 16.5. The lowest BCUT2D eigenvalue weighted by Crippen LogP contribution is -2.09. The molecular formula is C10H13ClN2OS. The van der Waals surface area contributed by atoms with Crippen molar-refractivity contribution in [1.82, 2.24) is 9.97 Å². The summed E-state index contributed by atoms with van der Waals surface area (Å²) in [5.74, 6) is 2.88. The highest BCUT2D eigenvalue weighted by Gasteiger charge is 2.20. The summed E-state index contributed by atoms with van der Waals surface area (Å²) in [4.78, 5) is 8.86. The van der Waals surface area contributed by atoms with E-state index in [1.165, 1.54) is 0 Å². The highest BCUT2D eigenvalue weighted by atomic mass is 35.5. The van der Waals surface area contributed by atoms with E-state index >= 15 is 0 Å². The van der Waals surface area contributed by atoms with Crippen molar-refractivity contribution in [3.63, 3.8) is 0 Å². The molecular weight excluding hydrogens is 232 g/mol. The number of methoxy groups -OCH3 is 1. The molecule has 5 heteroatoms. The molecule has 2 heterocycles. The predicted octanol–water partition coefficient (Wildman–Crippen LogP) is 2.63. The maximum atomic E-state index is 6.11. The fourth-order valence-electron chi connectivity index (χ4n) is 1.57. The Morgan fingerprint density at radius 2 is 2.27 bits per heavy atom. The van der Waals surface area contributed by atoms with Crippen molar-refractivity contribution < 1.29 is 4.74 Å². The second-order valence-corrected chi connectivity index (χ2v) is 4.99. The third kappa shape index (κ3) is 2.27. The molecule has 0 fully saturated rings. The van der Waals surface area contributed by atoms with Crippen LogP contribution >= 0.6 is 23.4 Å². The summed E-state index contributed by atoms with van der Waals surface area (Å²) in [6, 6.07) is 0.